The topological polar surface area (TPSA) is 180 Å². The molecule has 2 rings (SSSR count). The van der Waals surface area contributed by atoms with Gasteiger partial charge in [0.25, 0.3) is 0 Å². The summed E-state index contributed by atoms with van der Waals surface area (Å²) in [4.78, 5) is 43.7. The number of phosphoric ester groups is 1. The van der Waals surface area contributed by atoms with E-state index in [1.54, 1.807) is 6.08 Å². The second kappa shape index (κ2) is 12.2. The lowest BCUT2D eigenvalue weighted by Gasteiger charge is -2.30. The third-order valence-corrected chi connectivity index (χ3v) is 6.49. The second-order valence-corrected chi connectivity index (χ2v) is 9.65. The van der Waals surface area contributed by atoms with E-state index in [1.807, 2.05) is 6.92 Å². The van der Waals surface area contributed by atoms with E-state index in [1.165, 1.54) is 0 Å². The molecule has 2 aliphatic rings. The van der Waals surface area contributed by atoms with Crippen LogP contribution >= 0.6 is 7.82 Å². The van der Waals surface area contributed by atoms with E-state index in [9.17, 15) is 24.4 Å². The van der Waals surface area contributed by atoms with Gasteiger partial charge in [-0.3, -0.25) is 14.2 Å². The van der Waals surface area contributed by atoms with Crippen molar-refractivity contribution in [2.75, 3.05) is 13.2 Å². The van der Waals surface area contributed by atoms with Crippen molar-refractivity contribution in [3.63, 3.8) is 0 Å². The minimum atomic E-state index is -4.82. The molecule has 1 saturated heterocycles. The molecular weight excluding hydrogens is 443 g/mol. The van der Waals surface area contributed by atoms with E-state index in [2.05, 4.69) is 4.52 Å². The Hall–Kier alpha value is -1.33. The van der Waals surface area contributed by atoms with Gasteiger partial charge in [-0.1, -0.05) is 32.6 Å². The number of amides is 2. The third kappa shape index (κ3) is 7.91. The van der Waals surface area contributed by atoms with Crippen molar-refractivity contribution in [3.05, 3.63) is 11.6 Å². The molecule has 0 spiro atoms. The first kappa shape index (κ1) is 26.9. The summed E-state index contributed by atoms with van der Waals surface area (Å²) in [6.07, 6.45) is 2.86. The maximum absolute atomic E-state index is 12.8. The molecular formula is C20H35N2O9P. The maximum Gasteiger partial charge on any atom is 0.469 e. The highest BCUT2D eigenvalue weighted by molar-refractivity contribution is 7.46. The smallest absolute Gasteiger partial charge is 0.387 e. The molecule has 0 aromatic heterocycles. The number of hydrogen-bond acceptors (Lipinski definition) is 7. The molecule has 12 heteroatoms. The van der Waals surface area contributed by atoms with Crippen LogP contribution in [0.1, 0.15) is 58.3 Å². The summed E-state index contributed by atoms with van der Waals surface area (Å²) in [5.74, 6) is -0.0934. The van der Waals surface area contributed by atoms with Crippen molar-refractivity contribution < 1.29 is 43.4 Å². The van der Waals surface area contributed by atoms with Crippen LogP contribution in [0, 0.1) is 5.92 Å². The molecule has 0 aromatic rings. The summed E-state index contributed by atoms with van der Waals surface area (Å²) in [7, 11) is -4.82. The molecule has 1 heterocycles. The highest BCUT2D eigenvalue weighted by atomic mass is 31.2. The number of hydrogen-bond donors (Lipinski definition) is 5. The molecule has 0 aromatic carbocycles. The fourth-order valence-corrected chi connectivity index (χ4v) is 4.48. The molecule has 5 atom stereocenters. The van der Waals surface area contributed by atoms with Gasteiger partial charge >= 0.3 is 13.9 Å². The molecule has 184 valence electrons. The van der Waals surface area contributed by atoms with Gasteiger partial charge in [0.05, 0.1) is 6.61 Å². The van der Waals surface area contributed by atoms with Crippen molar-refractivity contribution in [1.82, 2.24) is 4.90 Å². The lowest BCUT2D eigenvalue weighted by Crippen LogP contribution is -2.50. The fourth-order valence-electron chi connectivity index (χ4n) is 4.14. The van der Waals surface area contributed by atoms with Crippen molar-refractivity contribution in [1.29, 1.82) is 0 Å². The van der Waals surface area contributed by atoms with Gasteiger partial charge in [-0.15, -0.1) is 0 Å². The molecule has 0 bridgehead atoms. The number of phosphoric acid groups is 1. The largest absolute Gasteiger partial charge is 0.469 e. The maximum atomic E-state index is 12.8. The lowest BCUT2D eigenvalue weighted by molar-refractivity contribution is -0.118. The number of allylic oxidation sites excluding steroid dienone is 1. The molecule has 0 radical (unpaired) electrons. The van der Waals surface area contributed by atoms with Gasteiger partial charge in [-0.2, -0.15) is 0 Å². The molecule has 1 fully saturated rings. The summed E-state index contributed by atoms with van der Waals surface area (Å²) in [6, 6.07) is -0.924. The SMILES string of the molecule is CC[C@H]1CCCCCCC/C(CN(C(N)=O)C2OC(COP(=O)(O)O)C(O)C2O)=C/C1=O. The first-order chi connectivity index (χ1) is 15.0. The van der Waals surface area contributed by atoms with Crippen LogP contribution in [0.15, 0.2) is 11.6 Å². The molecule has 0 saturated carbocycles. The minimum absolute atomic E-state index is 0.00494. The van der Waals surface area contributed by atoms with Gasteiger partial charge in [0.1, 0.15) is 18.3 Å². The summed E-state index contributed by atoms with van der Waals surface area (Å²) in [6.45, 7) is 1.21. The van der Waals surface area contributed by atoms with Crippen LogP contribution in [0.2, 0.25) is 0 Å². The predicted octanol–water partition coefficient (Wildman–Crippen LogP) is 1.19. The van der Waals surface area contributed by atoms with Crippen molar-refractivity contribution in [2.45, 2.75) is 82.8 Å². The molecule has 11 nitrogen and oxygen atoms in total. The van der Waals surface area contributed by atoms with Crippen LogP contribution in [-0.4, -0.2) is 74.4 Å². The number of ether oxygens (including phenoxy) is 1. The van der Waals surface area contributed by atoms with Crippen LogP contribution in [-0.2, 0) is 18.6 Å². The average Bonchev–Trinajstić information content (AvgIpc) is 2.97. The highest BCUT2D eigenvalue weighted by Gasteiger charge is 2.47. The molecule has 32 heavy (non-hydrogen) atoms. The number of aliphatic hydroxyl groups excluding tert-OH is 2. The van der Waals surface area contributed by atoms with E-state index in [0.717, 1.165) is 49.8 Å². The predicted molar refractivity (Wildman–Crippen MR) is 114 cm³/mol. The number of primary amides is 1. The Kier molecular flexibility index (Phi) is 10.3. The van der Waals surface area contributed by atoms with Crippen molar-refractivity contribution in [2.24, 2.45) is 11.7 Å². The van der Waals surface area contributed by atoms with Gasteiger partial charge < -0.3 is 30.5 Å². The Bertz CT molecular complexity index is 726. The Labute approximate surface area is 187 Å². The Morgan fingerprint density at radius 3 is 2.50 bits per heavy atom. The van der Waals surface area contributed by atoms with Crippen LogP contribution in [0.25, 0.3) is 0 Å². The monoisotopic (exact) mass is 478 g/mol. The Morgan fingerprint density at radius 1 is 1.22 bits per heavy atom. The Balaban J connectivity index is 2.18. The zero-order valence-corrected chi connectivity index (χ0v) is 19.2. The van der Waals surface area contributed by atoms with Gasteiger partial charge in [-0.25, -0.2) is 9.36 Å². The molecule has 1 aliphatic carbocycles. The number of rotatable bonds is 7. The number of nitrogens with two attached hydrogens (primary N) is 1. The standard InChI is InChI=1S/C20H35N2O9P/c1-2-14-9-7-5-3-4-6-8-13(10-15(14)23)11-22(20(21)26)19-18(25)17(24)16(31-19)12-30-32(27,28)29/h10,14,16-19,24-25H,2-9,11-12H2,1H3,(H2,21,26)(H2,27,28,29)/b13-10-/t14-,16?,17?,18?,19?/m0/s1. The van der Waals surface area contributed by atoms with Gasteiger partial charge in [0, 0.05) is 12.5 Å². The molecule has 4 unspecified atom stereocenters. The summed E-state index contributed by atoms with van der Waals surface area (Å²) >= 11 is 0. The van der Waals surface area contributed by atoms with Crippen molar-refractivity contribution >= 4 is 19.6 Å². The number of urea groups is 1. The minimum Gasteiger partial charge on any atom is -0.387 e. The van der Waals surface area contributed by atoms with Crippen LogP contribution in [0.3, 0.4) is 0 Å². The van der Waals surface area contributed by atoms with E-state index in [4.69, 9.17) is 20.3 Å². The molecule has 1 aliphatic heterocycles. The number of nitrogens with zero attached hydrogens (tertiary/aromatic N) is 1. The normalized spacial score (nSPS) is 32.1. The van der Waals surface area contributed by atoms with Gasteiger partial charge in [-0.05, 0) is 37.3 Å². The quantitative estimate of drug-likeness (QED) is 0.336. The summed E-state index contributed by atoms with van der Waals surface area (Å²) < 4.78 is 20.8. The van der Waals surface area contributed by atoms with Crippen LogP contribution in [0.5, 0.6) is 0 Å². The molecule has 2 amide bonds. The third-order valence-electron chi connectivity index (χ3n) is 6.00. The number of carbonyl (C=O) groups excluding carboxylic acids is 2. The lowest BCUT2D eigenvalue weighted by atomic mass is 9.93. The van der Waals surface area contributed by atoms with Crippen LogP contribution in [0.4, 0.5) is 4.79 Å². The summed E-state index contributed by atoms with van der Waals surface area (Å²) in [5.41, 5.74) is 6.19. The average molecular weight is 478 g/mol. The number of carbonyl (C=O) groups is 2. The fraction of sp³-hybridized carbons (Fsp3) is 0.800. The highest BCUT2D eigenvalue weighted by Crippen LogP contribution is 2.37. The first-order valence-corrected chi connectivity index (χ1v) is 12.6. The van der Waals surface area contributed by atoms with Crippen molar-refractivity contribution in [3.8, 4) is 0 Å². The van der Waals surface area contributed by atoms with Crippen LogP contribution < -0.4 is 5.73 Å². The van der Waals surface area contributed by atoms with E-state index >= 15 is 0 Å². The molecule has 6 N–H and O–H groups in total. The Morgan fingerprint density at radius 2 is 1.88 bits per heavy atom. The van der Waals surface area contributed by atoms with E-state index < -0.39 is 45.0 Å². The zero-order valence-electron chi connectivity index (χ0n) is 18.3. The second-order valence-electron chi connectivity index (χ2n) is 8.42. The van der Waals surface area contributed by atoms with Gasteiger partial charge in [0.2, 0.25) is 0 Å². The van der Waals surface area contributed by atoms with E-state index in [0.29, 0.717) is 12.0 Å². The number of ketones is 1. The number of aliphatic hydroxyl groups is 2. The van der Waals surface area contributed by atoms with Gasteiger partial charge in [0.15, 0.2) is 12.0 Å². The first-order valence-electron chi connectivity index (χ1n) is 11.0. The van der Waals surface area contributed by atoms with E-state index in [-0.39, 0.29) is 18.2 Å². The summed E-state index contributed by atoms with van der Waals surface area (Å²) in [5, 5.41) is 20.6. The zero-order chi connectivity index (χ0) is 23.9.